The first-order valence-corrected chi connectivity index (χ1v) is 6.21. The van der Waals surface area contributed by atoms with Crippen molar-refractivity contribution in [2.75, 3.05) is 18.5 Å². The van der Waals surface area contributed by atoms with E-state index in [2.05, 4.69) is 35.5 Å². The molecule has 90 valence electrons. The van der Waals surface area contributed by atoms with Crippen molar-refractivity contribution in [2.24, 2.45) is 0 Å². The van der Waals surface area contributed by atoms with E-state index in [0.717, 1.165) is 13.0 Å². The largest absolute Gasteiger partial charge is 0.375 e. The SMILES string of the molecule is CN(CCC(C#N)NC1CC1)c1ccccc1. The number of para-hydroxylation sites is 1. The van der Waals surface area contributed by atoms with Crippen LogP contribution in [0, 0.1) is 11.3 Å². The lowest BCUT2D eigenvalue weighted by Gasteiger charge is -2.21. The number of nitrogens with one attached hydrogen (secondary N) is 1. The van der Waals surface area contributed by atoms with Crippen molar-refractivity contribution in [3.05, 3.63) is 30.3 Å². The summed E-state index contributed by atoms with van der Waals surface area (Å²) in [6.45, 7) is 0.905. The molecule has 1 atom stereocenters. The molecule has 1 fully saturated rings. The molecule has 3 nitrogen and oxygen atoms in total. The molecule has 0 heterocycles. The summed E-state index contributed by atoms with van der Waals surface area (Å²) in [5.41, 5.74) is 1.20. The van der Waals surface area contributed by atoms with Crippen LogP contribution in [0.3, 0.4) is 0 Å². The zero-order chi connectivity index (χ0) is 12.1. The molecule has 1 unspecified atom stereocenters. The van der Waals surface area contributed by atoms with Crippen molar-refractivity contribution in [3.63, 3.8) is 0 Å². The van der Waals surface area contributed by atoms with Gasteiger partial charge in [-0.25, -0.2) is 0 Å². The quantitative estimate of drug-likeness (QED) is 0.812. The molecule has 0 aromatic heterocycles. The maximum Gasteiger partial charge on any atom is 0.0972 e. The van der Waals surface area contributed by atoms with Crippen molar-refractivity contribution in [2.45, 2.75) is 31.3 Å². The van der Waals surface area contributed by atoms with Gasteiger partial charge in [-0.3, -0.25) is 5.32 Å². The molecule has 17 heavy (non-hydrogen) atoms. The van der Waals surface area contributed by atoms with Crippen LogP contribution < -0.4 is 10.2 Å². The van der Waals surface area contributed by atoms with Crippen molar-refractivity contribution in [1.29, 1.82) is 5.26 Å². The van der Waals surface area contributed by atoms with Crippen LogP contribution in [0.25, 0.3) is 0 Å². The Kier molecular flexibility index (Phi) is 4.00. The molecule has 3 heteroatoms. The van der Waals surface area contributed by atoms with Crippen LogP contribution in [-0.2, 0) is 0 Å². The standard InChI is InChI=1S/C14H19N3/c1-17(14-5-3-2-4-6-14)10-9-13(11-15)16-12-7-8-12/h2-6,12-13,16H,7-10H2,1H3. The lowest BCUT2D eigenvalue weighted by Crippen LogP contribution is -2.33. The Labute approximate surface area is 103 Å². The Bertz CT molecular complexity index is 378. The van der Waals surface area contributed by atoms with Crippen LogP contribution in [0.4, 0.5) is 5.69 Å². The van der Waals surface area contributed by atoms with E-state index >= 15 is 0 Å². The van der Waals surface area contributed by atoms with Gasteiger partial charge in [-0.1, -0.05) is 18.2 Å². The van der Waals surface area contributed by atoms with E-state index in [4.69, 9.17) is 5.26 Å². The van der Waals surface area contributed by atoms with Gasteiger partial charge in [0.1, 0.15) is 0 Å². The predicted molar refractivity (Wildman–Crippen MR) is 69.9 cm³/mol. The summed E-state index contributed by atoms with van der Waals surface area (Å²) in [5.74, 6) is 0. The molecule has 0 saturated heterocycles. The third-order valence-electron chi connectivity index (χ3n) is 3.12. The molecule has 1 aromatic rings. The molecule has 1 saturated carbocycles. The van der Waals surface area contributed by atoms with Crippen LogP contribution in [0.15, 0.2) is 30.3 Å². The van der Waals surface area contributed by atoms with Crippen LogP contribution in [0.1, 0.15) is 19.3 Å². The smallest absolute Gasteiger partial charge is 0.0972 e. The number of nitriles is 1. The number of hydrogen-bond donors (Lipinski definition) is 1. The molecule has 1 aliphatic rings. The maximum atomic E-state index is 9.06. The highest BCUT2D eigenvalue weighted by molar-refractivity contribution is 5.44. The van der Waals surface area contributed by atoms with Gasteiger partial charge in [0.25, 0.3) is 0 Å². The van der Waals surface area contributed by atoms with Crippen LogP contribution in [0.2, 0.25) is 0 Å². The van der Waals surface area contributed by atoms with Gasteiger partial charge in [0.05, 0.1) is 12.1 Å². The van der Waals surface area contributed by atoms with E-state index in [1.54, 1.807) is 0 Å². The summed E-state index contributed by atoms with van der Waals surface area (Å²) in [6.07, 6.45) is 3.33. The number of anilines is 1. The molecule has 1 aliphatic carbocycles. The highest BCUT2D eigenvalue weighted by Gasteiger charge is 2.24. The maximum absolute atomic E-state index is 9.06. The van der Waals surface area contributed by atoms with E-state index in [-0.39, 0.29) is 6.04 Å². The summed E-state index contributed by atoms with van der Waals surface area (Å²) < 4.78 is 0. The number of rotatable bonds is 6. The summed E-state index contributed by atoms with van der Waals surface area (Å²) in [7, 11) is 2.07. The molecule has 0 amide bonds. The Morgan fingerprint density at radius 1 is 1.41 bits per heavy atom. The minimum Gasteiger partial charge on any atom is -0.375 e. The van der Waals surface area contributed by atoms with Crippen molar-refractivity contribution >= 4 is 5.69 Å². The van der Waals surface area contributed by atoms with Gasteiger partial charge in [-0.2, -0.15) is 5.26 Å². The minimum absolute atomic E-state index is 0.00587. The third kappa shape index (κ3) is 3.76. The summed E-state index contributed by atoms with van der Waals surface area (Å²) in [4.78, 5) is 2.19. The zero-order valence-electron chi connectivity index (χ0n) is 10.3. The monoisotopic (exact) mass is 229 g/mol. The van der Waals surface area contributed by atoms with E-state index in [9.17, 15) is 0 Å². The fraction of sp³-hybridized carbons (Fsp3) is 0.500. The number of benzene rings is 1. The number of hydrogen-bond acceptors (Lipinski definition) is 3. The van der Waals surface area contributed by atoms with E-state index < -0.39 is 0 Å². The molecule has 0 spiro atoms. The van der Waals surface area contributed by atoms with Gasteiger partial charge in [0.15, 0.2) is 0 Å². The Morgan fingerprint density at radius 3 is 2.71 bits per heavy atom. The van der Waals surface area contributed by atoms with Crippen LogP contribution in [0.5, 0.6) is 0 Å². The van der Waals surface area contributed by atoms with Gasteiger partial charge in [-0.15, -0.1) is 0 Å². The first-order valence-electron chi connectivity index (χ1n) is 6.21. The molecular weight excluding hydrogens is 210 g/mol. The van der Waals surface area contributed by atoms with Gasteiger partial charge >= 0.3 is 0 Å². The van der Waals surface area contributed by atoms with Crippen molar-refractivity contribution in [1.82, 2.24) is 5.32 Å². The van der Waals surface area contributed by atoms with Crippen molar-refractivity contribution < 1.29 is 0 Å². The lowest BCUT2D eigenvalue weighted by atomic mass is 10.2. The van der Waals surface area contributed by atoms with Crippen molar-refractivity contribution in [3.8, 4) is 6.07 Å². The minimum atomic E-state index is -0.00587. The van der Waals surface area contributed by atoms with Gasteiger partial charge in [0, 0.05) is 25.3 Å². The number of nitrogens with zero attached hydrogens (tertiary/aromatic N) is 2. The van der Waals surface area contributed by atoms with Crippen LogP contribution in [-0.4, -0.2) is 25.7 Å². The molecule has 1 aromatic carbocycles. The summed E-state index contributed by atoms with van der Waals surface area (Å²) in [6, 6.07) is 13.2. The summed E-state index contributed by atoms with van der Waals surface area (Å²) in [5, 5.41) is 12.4. The average molecular weight is 229 g/mol. The van der Waals surface area contributed by atoms with E-state index in [0.29, 0.717) is 6.04 Å². The van der Waals surface area contributed by atoms with Gasteiger partial charge < -0.3 is 4.90 Å². The highest BCUT2D eigenvalue weighted by Crippen LogP contribution is 2.20. The Hall–Kier alpha value is -1.53. The molecule has 0 radical (unpaired) electrons. The second kappa shape index (κ2) is 5.70. The van der Waals surface area contributed by atoms with Gasteiger partial charge in [-0.05, 0) is 31.4 Å². The molecule has 0 aliphatic heterocycles. The van der Waals surface area contributed by atoms with E-state index in [1.165, 1.54) is 18.5 Å². The molecule has 0 bridgehead atoms. The lowest BCUT2D eigenvalue weighted by molar-refractivity contribution is 0.561. The van der Waals surface area contributed by atoms with Crippen LogP contribution >= 0.6 is 0 Å². The average Bonchev–Trinajstić information content (AvgIpc) is 3.19. The van der Waals surface area contributed by atoms with Gasteiger partial charge in [0.2, 0.25) is 0 Å². The van der Waals surface area contributed by atoms with E-state index in [1.807, 2.05) is 18.2 Å². The zero-order valence-corrected chi connectivity index (χ0v) is 10.3. The fourth-order valence-electron chi connectivity index (χ4n) is 1.85. The first-order chi connectivity index (χ1) is 8.29. The Morgan fingerprint density at radius 2 is 2.12 bits per heavy atom. The molecule has 2 rings (SSSR count). The normalized spacial score (nSPS) is 16.2. The molecular formula is C14H19N3. The second-order valence-electron chi connectivity index (χ2n) is 4.67. The fourth-order valence-corrected chi connectivity index (χ4v) is 1.85. The highest BCUT2D eigenvalue weighted by atomic mass is 15.1. The summed E-state index contributed by atoms with van der Waals surface area (Å²) >= 11 is 0. The topological polar surface area (TPSA) is 39.1 Å². The second-order valence-corrected chi connectivity index (χ2v) is 4.67. The predicted octanol–water partition coefficient (Wildman–Crippen LogP) is 2.16. The molecule has 1 N–H and O–H groups in total. The Balaban J connectivity index is 1.78. The third-order valence-corrected chi connectivity index (χ3v) is 3.12. The first kappa shape index (κ1) is 11.9.